The minimum atomic E-state index is -1.19. The molecule has 0 aliphatic rings. The number of nitrogen functional groups attached to an aromatic ring is 1. The molecule has 2 aromatic carbocycles. The van der Waals surface area contributed by atoms with Crippen molar-refractivity contribution in [3.05, 3.63) is 82.7 Å². The number of hydrogen-bond acceptors (Lipinski definition) is 7. The largest absolute Gasteiger partial charge is 0.395 e. The van der Waals surface area contributed by atoms with Crippen molar-refractivity contribution in [1.29, 1.82) is 0 Å². The maximum absolute atomic E-state index is 14.0. The quantitative estimate of drug-likeness (QED) is 0.353. The fourth-order valence-corrected chi connectivity index (χ4v) is 4.59. The van der Waals surface area contributed by atoms with Crippen molar-refractivity contribution in [2.45, 2.75) is 32.4 Å². The Bertz CT molecular complexity index is 1500. The Kier molecular flexibility index (Phi) is 6.90. The van der Waals surface area contributed by atoms with E-state index in [1.807, 2.05) is 26.8 Å². The first-order valence-electron chi connectivity index (χ1n) is 11.3. The number of amides is 3. The van der Waals surface area contributed by atoms with Gasteiger partial charge in [-0.25, -0.2) is 4.39 Å². The zero-order valence-corrected chi connectivity index (χ0v) is 21.2. The standard InChI is InChI=1S/C26H25FN6O3S/c1-26(2,3)31-24(35)21(15-6-11-18-14(13-15)5-4-12-30-18)33(17-9-7-16(27)8-10-17)25(36)22-19(28)20(23(29)34)32-37-22/h4-13,21H,28H2,1-3H3,(H2,29,34)(H,31,35). The lowest BCUT2D eigenvalue weighted by atomic mass is 9.98. The van der Waals surface area contributed by atoms with E-state index in [9.17, 15) is 18.8 Å². The highest BCUT2D eigenvalue weighted by atomic mass is 32.1. The van der Waals surface area contributed by atoms with Crippen molar-refractivity contribution in [2.75, 3.05) is 10.6 Å². The molecule has 0 spiro atoms. The van der Waals surface area contributed by atoms with Crippen molar-refractivity contribution in [2.24, 2.45) is 5.73 Å². The molecular weight excluding hydrogens is 495 g/mol. The average Bonchev–Trinajstić information content (AvgIpc) is 3.23. The minimum Gasteiger partial charge on any atom is -0.395 e. The third kappa shape index (κ3) is 5.41. The second-order valence-electron chi connectivity index (χ2n) is 9.39. The van der Waals surface area contributed by atoms with Gasteiger partial charge in [0.2, 0.25) is 5.91 Å². The number of aromatic nitrogens is 2. The van der Waals surface area contributed by atoms with E-state index in [0.29, 0.717) is 22.6 Å². The van der Waals surface area contributed by atoms with Crippen LogP contribution in [0.5, 0.6) is 0 Å². The topological polar surface area (TPSA) is 144 Å². The summed E-state index contributed by atoms with van der Waals surface area (Å²) in [6.07, 6.45) is 1.66. The summed E-state index contributed by atoms with van der Waals surface area (Å²) in [6.45, 7) is 5.45. The van der Waals surface area contributed by atoms with Gasteiger partial charge in [0.25, 0.3) is 11.8 Å². The zero-order chi connectivity index (χ0) is 26.9. The number of nitrogens with two attached hydrogens (primary N) is 2. The van der Waals surface area contributed by atoms with Gasteiger partial charge in [0, 0.05) is 22.8 Å². The average molecular weight is 521 g/mol. The molecule has 2 heterocycles. The predicted octanol–water partition coefficient (Wildman–Crippen LogP) is 3.81. The Labute approximate surface area is 216 Å². The highest BCUT2D eigenvalue weighted by Gasteiger charge is 2.37. The summed E-state index contributed by atoms with van der Waals surface area (Å²) < 4.78 is 17.8. The Balaban J connectivity index is 1.94. The molecule has 4 aromatic rings. The van der Waals surface area contributed by atoms with Crippen LogP contribution in [0.1, 0.15) is 52.5 Å². The molecule has 0 radical (unpaired) electrons. The molecule has 190 valence electrons. The van der Waals surface area contributed by atoms with Crippen LogP contribution in [0.2, 0.25) is 0 Å². The number of fused-ring (bicyclic) bond motifs is 1. The predicted molar refractivity (Wildman–Crippen MR) is 141 cm³/mol. The first kappa shape index (κ1) is 25.7. The molecule has 11 heteroatoms. The van der Waals surface area contributed by atoms with E-state index < -0.39 is 35.1 Å². The number of benzene rings is 2. The van der Waals surface area contributed by atoms with Crippen LogP contribution in [0.25, 0.3) is 10.9 Å². The number of rotatable bonds is 6. The number of nitrogens with zero attached hydrogens (tertiary/aromatic N) is 3. The monoisotopic (exact) mass is 520 g/mol. The Morgan fingerprint density at radius 3 is 2.41 bits per heavy atom. The Morgan fingerprint density at radius 1 is 1.08 bits per heavy atom. The second-order valence-corrected chi connectivity index (χ2v) is 10.2. The van der Waals surface area contributed by atoms with Crippen LogP contribution in [0.4, 0.5) is 15.8 Å². The third-order valence-corrected chi connectivity index (χ3v) is 6.28. The summed E-state index contributed by atoms with van der Waals surface area (Å²) in [4.78, 5) is 45.0. The second kappa shape index (κ2) is 9.94. The van der Waals surface area contributed by atoms with Gasteiger partial charge in [0.1, 0.15) is 16.7 Å². The summed E-state index contributed by atoms with van der Waals surface area (Å²) in [5, 5.41) is 3.69. The van der Waals surface area contributed by atoms with Gasteiger partial charge in [-0.1, -0.05) is 12.1 Å². The van der Waals surface area contributed by atoms with E-state index in [0.717, 1.165) is 5.39 Å². The van der Waals surface area contributed by atoms with Gasteiger partial charge < -0.3 is 16.8 Å². The van der Waals surface area contributed by atoms with E-state index in [1.54, 1.807) is 30.5 Å². The Morgan fingerprint density at radius 2 is 1.78 bits per heavy atom. The molecule has 0 fully saturated rings. The summed E-state index contributed by atoms with van der Waals surface area (Å²) in [6, 6.07) is 12.8. The van der Waals surface area contributed by atoms with E-state index in [1.165, 1.54) is 29.2 Å². The van der Waals surface area contributed by atoms with Crippen molar-refractivity contribution < 1.29 is 18.8 Å². The number of carbonyl (C=O) groups is 3. The van der Waals surface area contributed by atoms with Crippen LogP contribution in [-0.4, -0.2) is 32.6 Å². The molecule has 0 bridgehead atoms. The molecule has 9 nitrogen and oxygen atoms in total. The molecule has 4 rings (SSSR count). The van der Waals surface area contributed by atoms with Crippen LogP contribution >= 0.6 is 11.5 Å². The molecular formula is C26H25FN6O3S. The molecule has 0 aliphatic heterocycles. The summed E-state index contributed by atoms with van der Waals surface area (Å²) in [5.74, 6) is -2.58. The third-order valence-electron chi connectivity index (χ3n) is 5.43. The molecule has 0 saturated carbocycles. The maximum atomic E-state index is 14.0. The van der Waals surface area contributed by atoms with E-state index in [4.69, 9.17) is 11.5 Å². The Hall–Kier alpha value is -4.38. The van der Waals surface area contributed by atoms with Gasteiger partial charge in [0.05, 0.1) is 11.2 Å². The number of carbonyl (C=O) groups excluding carboxylic acids is 3. The lowest BCUT2D eigenvalue weighted by molar-refractivity contribution is -0.123. The molecule has 37 heavy (non-hydrogen) atoms. The first-order chi connectivity index (χ1) is 17.5. The van der Waals surface area contributed by atoms with Crippen molar-refractivity contribution in [1.82, 2.24) is 14.7 Å². The molecule has 3 amide bonds. The van der Waals surface area contributed by atoms with Gasteiger partial charge in [-0.05, 0) is 80.3 Å². The van der Waals surface area contributed by atoms with Crippen molar-refractivity contribution >= 4 is 51.5 Å². The molecule has 1 atom stereocenters. The smallest absolute Gasteiger partial charge is 0.273 e. The number of nitrogens with one attached hydrogen (secondary N) is 1. The molecule has 1 unspecified atom stereocenters. The lowest BCUT2D eigenvalue weighted by Gasteiger charge is -2.33. The highest BCUT2D eigenvalue weighted by Crippen LogP contribution is 2.34. The van der Waals surface area contributed by atoms with Crippen molar-refractivity contribution in [3.8, 4) is 0 Å². The van der Waals surface area contributed by atoms with Gasteiger partial charge >= 0.3 is 0 Å². The number of primary amides is 1. The summed E-state index contributed by atoms with van der Waals surface area (Å²) in [5.41, 5.74) is 11.8. The number of hydrogen-bond donors (Lipinski definition) is 3. The van der Waals surface area contributed by atoms with Crippen LogP contribution < -0.4 is 21.7 Å². The number of anilines is 2. The van der Waals surface area contributed by atoms with Gasteiger partial charge in [-0.3, -0.25) is 24.3 Å². The van der Waals surface area contributed by atoms with Crippen LogP contribution in [-0.2, 0) is 4.79 Å². The minimum absolute atomic E-state index is 0.0749. The van der Waals surface area contributed by atoms with Crippen LogP contribution in [0.15, 0.2) is 60.8 Å². The molecule has 0 saturated heterocycles. The van der Waals surface area contributed by atoms with Crippen LogP contribution in [0, 0.1) is 5.82 Å². The van der Waals surface area contributed by atoms with E-state index >= 15 is 0 Å². The van der Waals surface area contributed by atoms with Gasteiger partial charge in [-0.2, -0.15) is 4.37 Å². The van der Waals surface area contributed by atoms with Gasteiger partial charge in [0.15, 0.2) is 5.69 Å². The first-order valence-corrected chi connectivity index (χ1v) is 12.0. The van der Waals surface area contributed by atoms with Crippen molar-refractivity contribution in [3.63, 3.8) is 0 Å². The lowest BCUT2D eigenvalue weighted by Crippen LogP contribution is -2.49. The zero-order valence-electron chi connectivity index (χ0n) is 20.4. The summed E-state index contributed by atoms with van der Waals surface area (Å²) >= 11 is 0.696. The summed E-state index contributed by atoms with van der Waals surface area (Å²) in [7, 11) is 0. The molecule has 0 aliphatic carbocycles. The number of pyridine rings is 1. The normalized spacial score (nSPS) is 12.2. The van der Waals surface area contributed by atoms with E-state index in [-0.39, 0.29) is 21.9 Å². The highest BCUT2D eigenvalue weighted by molar-refractivity contribution is 7.09. The van der Waals surface area contributed by atoms with E-state index in [2.05, 4.69) is 14.7 Å². The SMILES string of the molecule is CC(C)(C)NC(=O)C(c1ccc2ncccc2c1)N(C(=O)c1snc(C(N)=O)c1N)c1ccc(F)cc1. The fraction of sp³-hybridized carbons (Fsp3) is 0.192. The van der Waals surface area contributed by atoms with Crippen LogP contribution in [0.3, 0.4) is 0 Å². The maximum Gasteiger partial charge on any atom is 0.273 e. The molecule has 5 N–H and O–H groups in total. The van der Waals surface area contributed by atoms with Gasteiger partial charge in [-0.15, -0.1) is 0 Å². The fourth-order valence-electron chi connectivity index (χ4n) is 3.84. The number of halogens is 1. The molecule has 2 aromatic heterocycles.